The monoisotopic (exact) mass is 256 g/mol. The van der Waals surface area contributed by atoms with E-state index in [-0.39, 0.29) is 5.91 Å². The summed E-state index contributed by atoms with van der Waals surface area (Å²) in [6, 6.07) is 3.07. The van der Waals surface area contributed by atoms with Crippen molar-refractivity contribution in [2.75, 3.05) is 13.1 Å². The van der Waals surface area contributed by atoms with Gasteiger partial charge in [-0.2, -0.15) is 0 Å². The number of terminal acetylenes is 2. The Bertz CT molecular complexity index is 501. The standard InChI is InChI=1S/C14H16N4O/c1-5-12-9-11(10-13(6-2)17-12)14(19)18(15-7-3)16-8-4/h1-2,9-10,15-16H,7-8H2,3-4H3. The van der Waals surface area contributed by atoms with Crippen LogP contribution in [0.5, 0.6) is 0 Å². The van der Waals surface area contributed by atoms with Crippen molar-refractivity contribution in [3.05, 3.63) is 29.1 Å². The van der Waals surface area contributed by atoms with Crippen LogP contribution in [0.3, 0.4) is 0 Å². The van der Waals surface area contributed by atoms with E-state index in [0.29, 0.717) is 30.0 Å². The highest BCUT2D eigenvalue weighted by molar-refractivity contribution is 5.94. The zero-order valence-corrected chi connectivity index (χ0v) is 11.0. The number of carbonyl (C=O) groups is 1. The largest absolute Gasteiger partial charge is 0.282 e. The SMILES string of the molecule is C#Cc1cc(C(=O)N(NCC)NCC)cc(C#C)n1. The van der Waals surface area contributed by atoms with Gasteiger partial charge in [-0.25, -0.2) is 21.0 Å². The molecule has 19 heavy (non-hydrogen) atoms. The summed E-state index contributed by atoms with van der Waals surface area (Å²) in [5.74, 6) is 4.50. The molecule has 0 saturated carbocycles. The lowest BCUT2D eigenvalue weighted by Crippen LogP contribution is -2.51. The zero-order chi connectivity index (χ0) is 14.3. The second-order valence-electron chi connectivity index (χ2n) is 3.58. The Balaban J connectivity index is 3.10. The van der Waals surface area contributed by atoms with Gasteiger partial charge in [0.25, 0.3) is 5.91 Å². The molecule has 0 atom stereocenters. The lowest BCUT2D eigenvalue weighted by Gasteiger charge is -2.22. The first-order valence-electron chi connectivity index (χ1n) is 5.93. The molecule has 1 heterocycles. The van der Waals surface area contributed by atoms with Crippen LogP contribution in [-0.2, 0) is 0 Å². The molecule has 1 rings (SSSR count). The third-order valence-corrected chi connectivity index (χ3v) is 2.20. The predicted molar refractivity (Wildman–Crippen MR) is 73.6 cm³/mol. The summed E-state index contributed by atoms with van der Waals surface area (Å²) < 4.78 is 0. The summed E-state index contributed by atoms with van der Waals surface area (Å²) in [5.41, 5.74) is 6.88. The van der Waals surface area contributed by atoms with Crippen LogP contribution in [0.1, 0.15) is 35.6 Å². The molecular weight excluding hydrogens is 240 g/mol. The van der Waals surface area contributed by atoms with Gasteiger partial charge in [-0.1, -0.05) is 25.7 Å². The van der Waals surface area contributed by atoms with Crippen molar-refractivity contribution < 1.29 is 4.79 Å². The molecule has 1 amide bonds. The molecular formula is C14H16N4O. The fourth-order valence-electron chi connectivity index (χ4n) is 1.45. The number of hydrogen-bond acceptors (Lipinski definition) is 4. The van der Waals surface area contributed by atoms with Crippen molar-refractivity contribution in [2.24, 2.45) is 0 Å². The minimum atomic E-state index is -0.265. The molecule has 0 radical (unpaired) electrons. The number of amides is 1. The minimum Gasteiger partial charge on any atom is -0.266 e. The van der Waals surface area contributed by atoms with E-state index < -0.39 is 0 Å². The van der Waals surface area contributed by atoms with Crippen LogP contribution in [0, 0.1) is 24.7 Å². The number of nitrogens with one attached hydrogen (secondary N) is 2. The maximum absolute atomic E-state index is 12.3. The summed E-state index contributed by atoms with van der Waals surface area (Å²) in [6.45, 7) is 5.00. The molecule has 0 fully saturated rings. The number of hydrogen-bond donors (Lipinski definition) is 2. The van der Waals surface area contributed by atoms with E-state index in [1.54, 1.807) is 0 Å². The minimum absolute atomic E-state index is 0.265. The predicted octanol–water partition coefficient (Wildman–Crippen LogP) is 0.535. The van der Waals surface area contributed by atoms with Crippen molar-refractivity contribution in [1.82, 2.24) is 21.0 Å². The van der Waals surface area contributed by atoms with E-state index >= 15 is 0 Å². The van der Waals surface area contributed by atoms with Gasteiger partial charge in [-0.15, -0.1) is 12.8 Å². The van der Waals surface area contributed by atoms with Crippen molar-refractivity contribution in [3.63, 3.8) is 0 Å². The number of hydrazine groups is 2. The number of aromatic nitrogens is 1. The smallest absolute Gasteiger partial charge is 0.266 e. The average Bonchev–Trinajstić information content (AvgIpc) is 2.45. The van der Waals surface area contributed by atoms with Crippen molar-refractivity contribution >= 4 is 5.91 Å². The summed E-state index contributed by atoms with van der Waals surface area (Å²) in [5, 5.41) is 1.32. The van der Waals surface area contributed by atoms with Crippen LogP contribution < -0.4 is 10.9 Å². The molecule has 5 heteroatoms. The quantitative estimate of drug-likeness (QED) is 0.596. The number of pyridine rings is 1. The van der Waals surface area contributed by atoms with Gasteiger partial charge in [0.05, 0.1) is 0 Å². The van der Waals surface area contributed by atoms with Crippen LogP contribution in [0.15, 0.2) is 12.1 Å². The molecule has 5 nitrogen and oxygen atoms in total. The normalized spacial score (nSPS) is 9.47. The van der Waals surface area contributed by atoms with Gasteiger partial charge >= 0.3 is 0 Å². The zero-order valence-electron chi connectivity index (χ0n) is 11.0. The Morgan fingerprint density at radius 3 is 2.05 bits per heavy atom. The average molecular weight is 256 g/mol. The summed E-state index contributed by atoms with van der Waals surface area (Å²) >= 11 is 0. The molecule has 2 N–H and O–H groups in total. The molecule has 0 saturated heterocycles. The lowest BCUT2D eigenvalue weighted by molar-refractivity contribution is 0.0527. The van der Waals surface area contributed by atoms with Crippen LogP contribution in [0.2, 0.25) is 0 Å². The Labute approximate surface area is 113 Å². The highest BCUT2D eigenvalue weighted by atomic mass is 16.2. The molecule has 0 aromatic carbocycles. The van der Waals surface area contributed by atoms with E-state index in [1.807, 2.05) is 13.8 Å². The van der Waals surface area contributed by atoms with Crippen molar-refractivity contribution in [3.8, 4) is 24.7 Å². The molecule has 1 aromatic heterocycles. The molecule has 0 aliphatic heterocycles. The summed E-state index contributed by atoms with van der Waals surface area (Å²) in [4.78, 5) is 16.3. The third kappa shape index (κ3) is 3.82. The van der Waals surface area contributed by atoms with Crippen molar-refractivity contribution in [1.29, 1.82) is 0 Å². The molecule has 0 bridgehead atoms. The maximum Gasteiger partial charge on any atom is 0.282 e. The van der Waals surface area contributed by atoms with E-state index in [1.165, 1.54) is 17.3 Å². The van der Waals surface area contributed by atoms with Gasteiger partial charge in [0, 0.05) is 18.7 Å². The molecule has 0 spiro atoms. The molecule has 98 valence electrons. The molecule has 1 aromatic rings. The maximum atomic E-state index is 12.3. The highest BCUT2D eigenvalue weighted by Crippen LogP contribution is 2.07. The van der Waals surface area contributed by atoms with E-state index in [2.05, 4.69) is 27.7 Å². The number of nitrogens with zero attached hydrogens (tertiary/aromatic N) is 2. The topological polar surface area (TPSA) is 57.3 Å². The Kier molecular flexibility index (Phi) is 5.56. The molecule has 0 aliphatic carbocycles. The van der Waals surface area contributed by atoms with E-state index in [9.17, 15) is 4.79 Å². The Hall–Kier alpha value is -2.34. The van der Waals surface area contributed by atoms with Gasteiger partial charge < -0.3 is 0 Å². The van der Waals surface area contributed by atoms with Gasteiger partial charge in [0.2, 0.25) is 0 Å². The Morgan fingerprint density at radius 1 is 1.21 bits per heavy atom. The van der Waals surface area contributed by atoms with Gasteiger partial charge in [-0.05, 0) is 12.1 Å². The van der Waals surface area contributed by atoms with Crippen LogP contribution >= 0.6 is 0 Å². The fraction of sp³-hybridized carbons (Fsp3) is 0.286. The Morgan fingerprint density at radius 2 is 1.68 bits per heavy atom. The first-order valence-corrected chi connectivity index (χ1v) is 5.93. The van der Waals surface area contributed by atoms with Crippen LogP contribution in [0.25, 0.3) is 0 Å². The van der Waals surface area contributed by atoms with Crippen LogP contribution in [0.4, 0.5) is 0 Å². The third-order valence-electron chi connectivity index (χ3n) is 2.20. The number of rotatable bonds is 5. The first-order chi connectivity index (χ1) is 9.15. The van der Waals surface area contributed by atoms with E-state index in [4.69, 9.17) is 12.8 Å². The van der Waals surface area contributed by atoms with Crippen LogP contribution in [-0.4, -0.2) is 29.1 Å². The second kappa shape index (κ2) is 7.17. The van der Waals surface area contributed by atoms with Gasteiger partial charge in [0.1, 0.15) is 11.4 Å². The van der Waals surface area contributed by atoms with Crippen molar-refractivity contribution in [2.45, 2.75) is 13.8 Å². The highest BCUT2D eigenvalue weighted by Gasteiger charge is 2.16. The molecule has 0 unspecified atom stereocenters. The lowest BCUT2D eigenvalue weighted by atomic mass is 10.2. The fourth-order valence-corrected chi connectivity index (χ4v) is 1.45. The van der Waals surface area contributed by atoms with Gasteiger partial charge in [0.15, 0.2) is 0 Å². The summed E-state index contributed by atoms with van der Waals surface area (Å²) in [7, 11) is 0. The summed E-state index contributed by atoms with van der Waals surface area (Å²) in [6.07, 6.45) is 10.6. The van der Waals surface area contributed by atoms with Gasteiger partial charge in [-0.3, -0.25) is 4.79 Å². The molecule has 0 aliphatic rings. The number of carbonyl (C=O) groups excluding carboxylic acids is 1. The van der Waals surface area contributed by atoms with E-state index in [0.717, 1.165) is 0 Å². The first kappa shape index (κ1) is 14.7. The second-order valence-corrected chi connectivity index (χ2v) is 3.58.